The van der Waals surface area contributed by atoms with Gasteiger partial charge in [0.25, 0.3) is 0 Å². The van der Waals surface area contributed by atoms with Crippen molar-refractivity contribution in [2.45, 2.75) is 11.8 Å². The Hall–Kier alpha value is -6.51. The summed E-state index contributed by atoms with van der Waals surface area (Å²) in [7, 11) is 0. The molecule has 3 aliphatic rings. The number of aromatic nitrogens is 1. The topological polar surface area (TPSA) is 17.3 Å². The standard InChI is InChI=1S/C49H32N2/c1-3-14-32(15-4-1)33-26-28-34(29-27-33)43-31-30-41-46(47(50-43)35-16-5-2-6-17-35)38-19-7-9-21-39(38)49(41)40-22-10-12-25-45(40)51-44-24-11-8-18-36(44)37-20-13-23-42(49)48(37)51/h1-29,31H,30H2. The molecular formula is C49H32N2. The highest BCUT2D eigenvalue weighted by molar-refractivity contribution is 6.36. The van der Waals surface area contributed by atoms with Gasteiger partial charge in [-0.1, -0.05) is 170 Å². The van der Waals surface area contributed by atoms with Crippen LogP contribution in [0.25, 0.3) is 49.9 Å². The van der Waals surface area contributed by atoms with Crippen LogP contribution in [-0.2, 0) is 5.41 Å². The quantitative estimate of drug-likeness (QED) is 0.181. The van der Waals surface area contributed by atoms with Crippen LogP contribution >= 0.6 is 0 Å². The third kappa shape index (κ3) is 3.85. The number of fused-ring (bicyclic) bond motifs is 11. The predicted molar refractivity (Wildman–Crippen MR) is 211 cm³/mol. The van der Waals surface area contributed by atoms with Gasteiger partial charge in [0, 0.05) is 21.9 Å². The average Bonchev–Trinajstić information content (AvgIpc) is 3.60. The molecule has 0 bridgehead atoms. The normalized spacial score (nSPS) is 17.2. The van der Waals surface area contributed by atoms with Crippen LogP contribution in [0.15, 0.2) is 193 Å². The second-order valence-electron chi connectivity index (χ2n) is 13.8. The molecule has 11 rings (SSSR count). The van der Waals surface area contributed by atoms with Crippen molar-refractivity contribution in [3.63, 3.8) is 0 Å². The minimum absolute atomic E-state index is 0.495. The number of benzene rings is 7. The monoisotopic (exact) mass is 648 g/mol. The van der Waals surface area contributed by atoms with Crippen LogP contribution in [-0.4, -0.2) is 10.3 Å². The van der Waals surface area contributed by atoms with Gasteiger partial charge in [0.2, 0.25) is 0 Å². The first kappa shape index (κ1) is 28.3. The summed E-state index contributed by atoms with van der Waals surface area (Å²) < 4.78 is 2.51. The third-order valence-corrected chi connectivity index (χ3v) is 11.3. The number of nitrogens with zero attached hydrogens (tertiary/aromatic N) is 2. The lowest BCUT2D eigenvalue weighted by Crippen LogP contribution is -2.34. The average molecular weight is 649 g/mol. The highest BCUT2D eigenvalue weighted by Crippen LogP contribution is 2.61. The van der Waals surface area contributed by atoms with Crippen molar-refractivity contribution in [2.24, 2.45) is 4.99 Å². The van der Waals surface area contributed by atoms with E-state index in [-0.39, 0.29) is 0 Å². The lowest BCUT2D eigenvalue weighted by molar-refractivity contribution is 0.710. The molecule has 2 nitrogen and oxygen atoms in total. The summed E-state index contributed by atoms with van der Waals surface area (Å²) in [6, 6.07) is 64.3. The summed E-state index contributed by atoms with van der Waals surface area (Å²) in [6.07, 6.45) is 3.15. The Morgan fingerprint density at radius 3 is 1.90 bits per heavy atom. The van der Waals surface area contributed by atoms with Crippen LogP contribution in [0, 0.1) is 0 Å². The second-order valence-corrected chi connectivity index (χ2v) is 13.8. The number of hydrogen-bond acceptors (Lipinski definition) is 1. The van der Waals surface area contributed by atoms with Gasteiger partial charge in [0.15, 0.2) is 0 Å². The summed E-state index contributed by atoms with van der Waals surface area (Å²) in [5.41, 5.74) is 17.9. The highest BCUT2D eigenvalue weighted by atomic mass is 15.0. The molecule has 2 aliphatic heterocycles. The Morgan fingerprint density at radius 2 is 1.08 bits per heavy atom. The maximum Gasteiger partial charge on any atom is 0.0788 e. The lowest BCUT2D eigenvalue weighted by Gasteiger charge is -2.41. The Balaban J connectivity index is 1.22. The van der Waals surface area contributed by atoms with E-state index >= 15 is 0 Å². The summed E-state index contributed by atoms with van der Waals surface area (Å²) in [6.45, 7) is 0. The van der Waals surface area contributed by atoms with Gasteiger partial charge in [-0.2, -0.15) is 0 Å². The first-order chi connectivity index (χ1) is 25.3. The fourth-order valence-corrected chi connectivity index (χ4v) is 9.26. The van der Waals surface area contributed by atoms with Gasteiger partial charge < -0.3 is 4.57 Å². The summed E-state index contributed by atoms with van der Waals surface area (Å²) in [4.78, 5) is 5.64. The molecule has 0 radical (unpaired) electrons. The highest BCUT2D eigenvalue weighted by Gasteiger charge is 2.52. The molecular weight excluding hydrogens is 617 g/mol. The molecule has 7 aromatic carbocycles. The molecule has 238 valence electrons. The molecule has 0 N–H and O–H groups in total. The van der Waals surface area contributed by atoms with Crippen LogP contribution in [0.1, 0.15) is 39.8 Å². The predicted octanol–water partition coefficient (Wildman–Crippen LogP) is 11.8. The van der Waals surface area contributed by atoms with Crippen molar-refractivity contribution in [1.29, 1.82) is 0 Å². The molecule has 0 amide bonds. The van der Waals surface area contributed by atoms with Gasteiger partial charge in [-0.25, -0.2) is 4.99 Å². The number of allylic oxidation sites excluding steroid dienone is 3. The van der Waals surface area contributed by atoms with Crippen molar-refractivity contribution >= 4 is 38.8 Å². The Morgan fingerprint density at radius 1 is 0.471 bits per heavy atom. The van der Waals surface area contributed by atoms with Crippen molar-refractivity contribution in [3.05, 3.63) is 221 Å². The molecule has 1 aliphatic carbocycles. The van der Waals surface area contributed by atoms with E-state index in [1.165, 1.54) is 72.0 Å². The summed E-state index contributed by atoms with van der Waals surface area (Å²) in [5, 5.41) is 2.58. The molecule has 8 aromatic rings. The zero-order chi connectivity index (χ0) is 33.5. The van der Waals surface area contributed by atoms with E-state index in [0.29, 0.717) is 0 Å². The molecule has 0 fully saturated rings. The van der Waals surface area contributed by atoms with Crippen LogP contribution in [0.2, 0.25) is 0 Å². The van der Waals surface area contributed by atoms with Gasteiger partial charge in [-0.15, -0.1) is 0 Å². The molecule has 51 heavy (non-hydrogen) atoms. The largest absolute Gasteiger partial charge is 0.309 e. The van der Waals surface area contributed by atoms with E-state index in [2.05, 4.69) is 187 Å². The van der Waals surface area contributed by atoms with Gasteiger partial charge in [0.05, 0.1) is 33.5 Å². The minimum Gasteiger partial charge on any atom is -0.309 e. The van der Waals surface area contributed by atoms with Crippen LogP contribution < -0.4 is 0 Å². The number of para-hydroxylation sites is 3. The maximum atomic E-state index is 5.64. The lowest BCUT2D eigenvalue weighted by atomic mass is 9.64. The first-order valence-corrected chi connectivity index (χ1v) is 17.8. The van der Waals surface area contributed by atoms with Crippen molar-refractivity contribution in [2.75, 3.05) is 0 Å². The van der Waals surface area contributed by atoms with Crippen LogP contribution in [0.3, 0.4) is 0 Å². The van der Waals surface area contributed by atoms with E-state index in [0.717, 1.165) is 29.0 Å². The zero-order valence-corrected chi connectivity index (χ0v) is 27.9. The summed E-state index contributed by atoms with van der Waals surface area (Å²) >= 11 is 0. The molecule has 0 saturated carbocycles. The van der Waals surface area contributed by atoms with Crippen molar-refractivity contribution < 1.29 is 0 Å². The van der Waals surface area contributed by atoms with Gasteiger partial charge in [-0.3, -0.25) is 0 Å². The molecule has 0 saturated heterocycles. The molecule has 3 heterocycles. The minimum atomic E-state index is -0.495. The zero-order valence-electron chi connectivity index (χ0n) is 27.9. The Kier molecular flexibility index (Phi) is 5.97. The fraction of sp³-hybridized carbons (Fsp3) is 0.0408. The fourth-order valence-electron chi connectivity index (χ4n) is 9.26. The maximum absolute atomic E-state index is 5.64. The first-order valence-electron chi connectivity index (χ1n) is 17.8. The Bertz CT molecular complexity index is 2800. The summed E-state index contributed by atoms with van der Waals surface area (Å²) in [5.74, 6) is 0. The van der Waals surface area contributed by atoms with Crippen molar-refractivity contribution in [3.8, 4) is 16.8 Å². The van der Waals surface area contributed by atoms with E-state index in [9.17, 15) is 0 Å². The molecule has 1 unspecified atom stereocenters. The number of aliphatic imine (C=N–C) groups is 1. The Labute approximate surface area is 297 Å². The number of hydrogen-bond donors (Lipinski definition) is 0. The second kappa shape index (κ2) is 10.7. The van der Waals surface area contributed by atoms with Crippen LogP contribution in [0.5, 0.6) is 0 Å². The molecule has 2 heteroatoms. The van der Waals surface area contributed by atoms with Crippen LogP contribution in [0.4, 0.5) is 0 Å². The molecule has 1 atom stereocenters. The SMILES string of the molecule is C1=C(c2ccc(-c3ccccc3)cc2)N=C(c2ccccc2)C2=C(C1)C1(c3ccccc32)c2ccccc2-n2c3ccccc3c3cccc1c32. The van der Waals surface area contributed by atoms with Gasteiger partial charge in [0.1, 0.15) is 0 Å². The van der Waals surface area contributed by atoms with Gasteiger partial charge >= 0.3 is 0 Å². The smallest absolute Gasteiger partial charge is 0.0788 e. The van der Waals surface area contributed by atoms with E-state index < -0.39 is 5.41 Å². The van der Waals surface area contributed by atoms with E-state index in [1.807, 2.05) is 0 Å². The van der Waals surface area contributed by atoms with E-state index in [4.69, 9.17) is 4.99 Å². The molecule has 1 spiro atoms. The van der Waals surface area contributed by atoms with Crippen molar-refractivity contribution in [1.82, 2.24) is 4.57 Å². The number of rotatable bonds is 3. The molecule has 1 aromatic heterocycles. The third-order valence-electron chi connectivity index (χ3n) is 11.3. The van der Waals surface area contributed by atoms with Gasteiger partial charge in [-0.05, 0) is 63.1 Å². The van der Waals surface area contributed by atoms with E-state index in [1.54, 1.807) is 0 Å².